The minimum absolute atomic E-state index is 0.0169. The highest BCUT2D eigenvalue weighted by Crippen LogP contribution is 2.26. The fraction of sp³-hybridized carbons (Fsp3) is 0.300. The van der Waals surface area contributed by atoms with E-state index < -0.39 is 11.9 Å². The van der Waals surface area contributed by atoms with E-state index in [0.717, 1.165) is 12.0 Å². The molecule has 5 heteroatoms. The first kappa shape index (κ1) is 18.5. The first-order chi connectivity index (χ1) is 11.8. The Hall–Kier alpha value is -2.82. The van der Waals surface area contributed by atoms with Crippen molar-refractivity contribution >= 4 is 17.6 Å². The topological polar surface area (TPSA) is 86.6 Å². The molecule has 0 fully saturated rings. The van der Waals surface area contributed by atoms with Crippen LogP contribution < -0.4 is 5.32 Å². The van der Waals surface area contributed by atoms with Crippen molar-refractivity contribution in [2.45, 2.75) is 33.1 Å². The Labute approximate surface area is 147 Å². The summed E-state index contributed by atoms with van der Waals surface area (Å²) in [4.78, 5) is 23.7. The smallest absolute Gasteiger partial charge is 0.310 e. The number of phenolic OH excluding ortho intramolecular Hbond substituents is 1. The monoisotopic (exact) mass is 341 g/mol. The molecular formula is C20H23NO4. The zero-order chi connectivity index (χ0) is 18.6. The van der Waals surface area contributed by atoms with Crippen molar-refractivity contribution in [2.75, 3.05) is 5.32 Å². The van der Waals surface area contributed by atoms with Crippen LogP contribution in [0, 0.1) is 5.92 Å². The zero-order valence-corrected chi connectivity index (χ0v) is 14.6. The van der Waals surface area contributed by atoms with Gasteiger partial charge in [-0.25, -0.2) is 0 Å². The molecule has 0 bridgehead atoms. The molecule has 1 unspecified atom stereocenters. The number of nitrogens with one attached hydrogen (secondary N) is 1. The van der Waals surface area contributed by atoms with Crippen LogP contribution >= 0.6 is 0 Å². The van der Waals surface area contributed by atoms with Gasteiger partial charge < -0.3 is 15.5 Å². The Kier molecular flexibility index (Phi) is 5.80. The number of carboxylic acids is 1. The maximum Gasteiger partial charge on any atom is 0.310 e. The van der Waals surface area contributed by atoms with Gasteiger partial charge in [-0.05, 0) is 54.7 Å². The molecule has 0 radical (unpaired) electrons. The number of carboxylic acid groups (broad SMARTS) is 1. The summed E-state index contributed by atoms with van der Waals surface area (Å²) >= 11 is 0. The first-order valence-electron chi connectivity index (χ1n) is 8.24. The molecule has 0 saturated heterocycles. The third kappa shape index (κ3) is 4.83. The highest BCUT2D eigenvalue weighted by molar-refractivity contribution is 6.05. The molecule has 2 aromatic carbocycles. The van der Waals surface area contributed by atoms with E-state index >= 15 is 0 Å². The summed E-state index contributed by atoms with van der Waals surface area (Å²) < 4.78 is 0. The number of aliphatic carboxylic acids is 1. The van der Waals surface area contributed by atoms with Gasteiger partial charge in [0.2, 0.25) is 0 Å². The summed E-state index contributed by atoms with van der Waals surface area (Å²) in [5.74, 6) is -1.52. The van der Waals surface area contributed by atoms with Crippen LogP contribution in [-0.4, -0.2) is 22.1 Å². The second kappa shape index (κ2) is 7.83. The highest BCUT2D eigenvalue weighted by Gasteiger charge is 2.17. The van der Waals surface area contributed by atoms with E-state index in [0.29, 0.717) is 22.7 Å². The minimum atomic E-state index is -0.915. The molecule has 0 heterocycles. The van der Waals surface area contributed by atoms with Crippen LogP contribution in [0.15, 0.2) is 42.5 Å². The Morgan fingerprint density at radius 2 is 1.80 bits per heavy atom. The molecule has 1 atom stereocenters. The number of phenols is 1. The summed E-state index contributed by atoms with van der Waals surface area (Å²) in [5.41, 5.74) is 2.52. The lowest BCUT2D eigenvalue weighted by atomic mass is 9.95. The third-order valence-electron chi connectivity index (χ3n) is 3.99. The van der Waals surface area contributed by atoms with Gasteiger partial charge in [0.15, 0.2) is 0 Å². The van der Waals surface area contributed by atoms with Crippen LogP contribution in [0.1, 0.15) is 48.2 Å². The van der Waals surface area contributed by atoms with Gasteiger partial charge in [-0.15, -0.1) is 0 Å². The molecule has 0 aliphatic carbocycles. The number of rotatable bonds is 6. The number of amides is 1. The molecule has 5 nitrogen and oxygen atoms in total. The van der Waals surface area contributed by atoms with Gasteiger partial charge in [0.25, 0.3) is 5.91 Å². The molecule has 0 aliphatic heterocycles. The van der Waals surface area contributed by atoms with Gasteiger partial charge in [0.1, 0.15) is 5.75 Å². The van der Waals surface area contributed by atoms with Crippen molar-refractivity contribution in [1.29, 1.82) is 0 Å². The minimum Gasteiger partial charge on any atom is -0.508 e. The lowest BCUT2D eigenvalue weighted by molar-refractivity contribution is -0.138. The summed E-state index contributed by atoms with van der Waals surface area (Å²) in [6.07, 6.45) is 0.761. The average Bonchev–Trinajstić information content (AvgIpc) is 2.55. The van der Waals surface area contributed by atoms with Gasteiger partial charge in [-0.3, -0.25) is 9.59 Å². The maximum absolute atomic E-state index is 12.5. The van der Waals surface area contributed by atoms with E-state index in [2.05, 4.69) is 19.2 Å². The van der Waals surface area contributed by atoms with Gasteiger partial charge >= 0.3 is 5.97 Å². The standard InChI is InChI=1S/C20H23NO4/c1-12(2)9-15-8-7-14(13(3)20(24)25)11-18(15)21-19(23)16-5-4-6-17(22)10-16/h4-8,10-13,22H,9H2,1-3H3,(H,21,23)(H,24,25). The molecule has 2 rings (SSSR count). The number of benzene rings is 2. The predicted octanol–water partition coefficient (Wildman–Crippen LogP) is 4.03. The Balaban J connectivity index is 2.36. The molecule has 0 saturated carbocycles. The van der Waals surface area contributed by atoms with Crippen LogP contribution in [0.25, 0.3) is 0 Å². The number of carbonyl (C=O) groups excluding carboxylic acids is 1. The Bertz CT molecular complexity index is 783. The van der Waals surface area contributed by atoms with E-state index in [1.165, 1.54) is 12.1 Å². The summed E-state index contributed by atoms with van der Waals surface area (Å²) in [6.45, 7) is 5.77. The van der Waals surface area contributed by atoms with Crippen molar-refractivity contribution in [3.63, 3.8) is 0 Å². The number of anilines is 1. The van der Waals surface area contributed by atoms with Crippen molar-refractivity contribution in [3.05, 3.63) is 59.2 Å². The van der Waals surface area contributed by atoms with E-state index in [9.17, 15) is 19.8 Å². The molecule has 2 aromatic rings. The Morgan fingerprint density at radius 3 is 2.40 bits per heavy atom. The number of hydrogen-bond acceptors (Lipinski definition) is 3. The molecule has 1 amide bonds. The van der Waals surface area contributed by atoms with Crippen molar-refractivity contribution in [3.8, 4) is 5.75 Å². The average molecular weight is 341 g/mol. The van der Waals surface area contributed by atoms with Gasteiger partial charge in [0.05, 0.1) is 5.92 Å². The number of carbonyl (C=O) groups is 2. The lowest BCUT2D eigenvalue weighted by Crippen LogP contribution is -2.15. The van der Waals surface area contributed by atoms with Crippen molar-refractivity contribution in [2.24, 2.45) is 5.92 Å². The van der Waals surface area contributed by atoms with E-state index in [1.54, 1.807) is 31.2 Å². The number of hydrogen-bond donors (Lipinski definition) is 3. The SMILES string of the molecule is CC(C)Cc1ccc(C(C)C(=O)O)cc1NC(=O)c1cccc(O)c1. The van der Waals surface area contributed by atoms with E-state index in [4.69, 9.17) is 0 Å². The van der Waals surface area contributed by atoms with Crippen LogP contribution in [-0.2, 0) is 11.2 Å². The van der Waals surface area contributed by atoms with Crippen LogP contribution in [0.4, 0.5) is 5.69 Å². The Morgan fingerprint density at radius 1 is 1.08 bits per heavy atom. The molecule has 0 aromatic heterocycles. The predicted molar refractivity (Wildman–Crippen MR) is 97.1 cm³/mol. The molecular weight excluding hydrogens is 318 g/mol. The molecule has 0 aliphatic rings. The van der Waals surface area contributed by atoms with Crippen molar-refractivity contribution in [1.82, 2.24) is 0 Å². The fourth-order valence-corrected chi connectivity index (χ4v) is 2.58. The zero-order valence-electron chi connectivity index (χ0n) is 14.6. The fourth-order valence-electron chi connectivity index (χ4n) is 2.58. The normalized spacial score (nSPS) is 12.0. The number of aromatic hydroxyl groups is 1. The van der Waals surface area contributed by atoms with Crippen molar-refractivity contribution < 1.29 is 19.8 Å². The molecule has 25 heavy (non-hydrogen) atoms. The van der Waals surface area contributed by atoms with Gasteiger partial charge in [-0.2, -0.15) is 0 Å². The van der Waals surface area contributed by atoms with Crippen LogP contribution in [0.2, 0.25) is 0 Å². The molecule has 0 spiro atoms. The maximum atomic E-state index is 12.5. The highest BCUT2D eigenvalue weighted by atomic mass is 16.4. The van der Waals surface area contributed by atoms with Gasteiger partial charge in [-0.1, -0.05) is 32.0 Å². The van der Waals surface area contributed by atoms with Gasteiger partial charge in [0, 0.05) is 11.3 Å². The molecule has 3 N–H and O–H groups in total. The first-order valence-corrected chi connectivity index (χ1v) is 8.24. The second-order valence-corrected chi connectivity index (χ2v) is 6.58. The van der Waals surface area contributed by atoms with Crippen LogP contribution in [0.3, 0.4) is 0 Å². The molecule has 132 valence electrons. The lowest BCUT2D eigenvalue weighted by Gasteiger charge is -2.16. The summed E-state index contributed by atoms with van der Waals surface area (Å²) in [6, 6.07) is 11.5. The quantitative estimate of drug-likeness (QED) is 0.740. The largest absolute Gasteiger partial charge is 0.508 e. The summed E-state index contributed by atoms with van der Waals surface area (Å²) in [7, 11) is 0. The summed E-state index contributed by atoms with van der Waals surface area (Å²) in [5, 5.41) is 21.6. The van der Waals surface area contributed by atoms with E-state index in [1.807, 2.05) is 6.07 Å². The second-order valence-electron chi connectivity index (χ2n) is 6.58. The third-order valence-corrected chi connectivity index (χ3v) is 3.99. The van der Waals surface area contributed by atoms with E-state index in [-0.39, 0.29) is 11.7 Å². The van der Waals surface area contributed by atoms with Crippen LogP contribution in [0.5, 0.6) is 5.75 Å².